The Morgan fingerprint density at radius 1 is 1.67 bits per heavy atom. The molecule has 0 bridgehead atoms. The van der Waals surface area contributed by atoms with Crippen molar-refractivity contribution in [3.8, 4) is 0 Å². The summed E-state index contributed by atoms with van der Waals surface area (Å²) in [5, 5.41) is 0. The molecule has 0 aromatic carbocycles. The zero-order valence-corrected chi connectivity index (χ0v) is 8.13. The highest BCUT2D eigenvalue weighted by Crippen LogP contribution is 2.07. The summed E-state index contributed by atoms with van der Waals surface area (Å²) in [5.41, 5.74) is 0.551. The minimum absolute atomic E-state index is 0.0423. The summed E-state index contributed by atoms with van der Waals surface area (Å²) < 4.78 is 0. The lowest BCUT2D eigenvalue weighted by Gasteiger charge is -2.24. The Hall–Kier alpha value is -1.05. The minimum Gasteiger partial charge on any atom is -0.313 e. The van der Waals surface area contributed by atoms with Crippen LogP contribution in [0.2, 0.25) is 0 Å². The van der Waals surface area contributed by atoms with Crippen LogP contribution in [-0.2, 0) is 4.79 Å². The van der Waals surface area contributed by atoms with Crippen molar-refractivity contribution in [2.45, 2.75) is 33.2 Å². The van der Waals surface area contributed by atoms with E-state index in [0.717, 1.165) is 6.42 Å². The molecule has 0 aromatic heterocycles. The summed E-state index contributed by atoms with van der Waals surface area (Å²) in [4.78, 5) is 13.0. The molecule has 68 valence electrons. The average Bonchev–Trinajstić information content (AvgIpc) is 2.05. The zero-order valence-electron chi connectivity index (χ0n) is 8.13. The van der Waals surface area contributed by atoms with Crippen LogP contribution in [0.15, 0.2) is 24.9 Å². The molecule has 0 aliphatic rings. The second-order valence-corrected chi connectivity index (χ2v) is 2.93. The van der Waals surface area contributed by atoms with Gasteiger partial charge in [0.1, 0.15) is 0 Å². The highest BCUT2D eigenvalue weighted by molar-refractivity contribution is 5.93. The Balaban J connectivity index is 4.44. The second-order valence-electron chi connectivity index (χ2n) is 2.93. The first-order chi connectivity index (χ1) is 5.54. The predicted octanol–water partition coefficient (Wildman–Crippen LogP) is 2.33. The van der Waals surface area contributed by atoms with Crippen molar-refractivity contribution in [1.82, 2.24) is 4.90 Å². The van der Waals surface area contributed by atoms with E-state index in [1.165, 1.54) is 0 Å². The summed E-state index contributed by atoms with van der Waals surface area (Å²) in [6.45, 7) is 12.9. The number of hydrogen-bond acceptors (Lipinski definition) is 1. The van der Waals surface area contributed by atoms with Gasteiger partial charge < -0.3 is 4.90 Å². The quantitative estimate of drug-likeness (QED) is 0.588. The summed E-state index contributed by atoms with van der Waals surface area (Å²) in [7, 11) is 0. The Labute approximate surface area is 74.6 Å². The topological polar surface area (TPSA) is 20.3 Å². The third-order valence-electron chi connectivity index (χ3n) is 1.86. The van der Waals surface area contributed by atoms with Crippen LogP contribution in [0.25, 0.3) is 0 Å². The molecule has 0 fully saturated rings. The molecule has 1 unspecified atom stereocenters. The van der Waals surface area contributed by atoms with Gasteiger partial charge in [0.05, 0.1) is 0 Å². The lowest BCUT2D eigenvalue weighted by Crippen LogP contribution is -2.33. The van der Waals surface area contributed by atoms with Gasteiger partial charge in [-0.1, -0.05) is 20.1 Å². The summed E-state index contributed by atoms with van der Waals surface area (Å²) >= 11 is 0. The van der Waals surface area contributed by atoms with E-state index in [9.17, 15) is 4.79 Å². The number of amides is 1. The molecule has 12 heavy (non-hydrogen) atoms. The van der Waals surface area contributed by atoms with E-state index < -0.39 is 0 Å². The van der Waals surface area contributed by atoms with Crippen LogP contribution in [0.5, 0.6) is 0 Å². The summed E-state index contributed by atoms with van der Waals surface area (Å²) in [5.74, 6) is -0.0423. The van der Waals surface area contributed by atoms with Crippen LogP contribution in [0.1, 0.15) is 27.2 Å². The van der Waals surface area contributed by atoms with Gasteiger partial charge in [0, 0.05) is 17.8 Å². The van der Waals surface area contributed by atoms with E-state index >= 15 is 0 Å². The molecule has 0 aromatic rings. The van der Waals surface area contributed by atoms with Crippen molar-refractivity contribution in [3.05, 3.63) is 24.9 Å². The lowest BCUT2D eigenvalue weighted by molar-refractivity contribution is -0.126. The molecule has 2 heteroatoms. The van der Waals surface area contributed by atoms with Crippen LogP contribution in [0.3, 0.4) is 0 Å². The highest BCUT2D eigenvalue weighted by atomic mass is 16.2. The molecular formula is C10H17NO. The van der Waals surface area contributed by atoms with E-state index in [0.29, 0.717) is 5.57 Å². The molecular weight excluding hydrogens is 150 g/mol. The first-order valence-electron chi connectivity index (χ1n) is 4.15. The molecule has 0 N–H and O–H groups in total. The van der Waals surface area contributed by atoms with Crippen LogP contribution < -0.4 is 0 Å². The van der Waals surface area contributed by atoms with Crippen LogP contribution in [-0.4, -0.2) is 16.8 Å². The van der Waals surface area contributed by atoms with Crippen molar-refractivity contribution in [3.63, 3.8) is 0 Å². The number of carbonyl (C=O) groups is 1. The molecule has 2 nitrogen and oxygen atoms in total. The van der Waals surface area contributed by atoms with Gasteiger partial charge in [-0.2, -0.15) is 0 Å². The van der Waals surface area contributed by atoms with Gasteiger partial charge in [-0.25, -0.2) is 0 Å². The van der Waals surface area contributed by atoms with Gasteiger partial charge in [-0.3, -0.25) is 4.79 Å². The van der Waals surface area contributed by atoms with E-state index in [-0.39, 0.29) is 11.9 Å². The smallest absolute Gasteiger partial charge is 0.253 e. The maximum absolute atomic E-state index is 11.4. The Morgan fingerprint density at radius 3 is 2.42 bits per heavy atom. The standard InChI is InChI=1S/C10H17NO/c1-6-9(5)11(7-2)10(12)8(3)4/h7,9H,2-3,6H2,1,4-5H3. The van der Waals surface area contributed by atoms with Crippen molar-refractivity contribution in [1.29, 1.82) is 0 Å². The Bertz CT molecular complexity index is 196. The van der Waals surface area contributed by atoms with Gasteiger partial charge in [0.15, 0.2) is 0 Å². The van der Waals surface area contributed by atoms with Crippen LogP contribution in [0, 0.1) is 0 Å². The molecule has 1 amide bonds. The van der Waals surface area contributed by atoms with Crippen LogP contribution >= 0.6 is 0 Å². The third-order valence-corrected chi connectivity index (χ3v) is 1.86. The van der Waals surface area contributed by atoms with Crippen LogP contribution in [0.4, 0.5) is 0 Å². The van der Waals surface area contributed by atoms with Gasteiger partial charge in [0.25, 0.3) is 5.91 Å². The SMILES string of the molecule is C=CN(C(=O)C(=C)C)C(C)CC. The number of hydrogen-bond donors (Lipinski definition) is 0. The highest BCUT2D eigenvalue weighted by Gasteiger charge is 2.15. The fourth-order valence-corrected chi connectivity index (χ4v) is 0.880. The molecule has 0 heterocycles. The molecule has 0 rings (SSSR count). The number of rotatable bonds is 4. The van der Waals surface area contributed by atoms with Gasteiger partial charge >= 0.3 is 0 Å². The largest absolute Gasteiger partial charge is 0.313 e. The molecule has 0 saturated carbocycles. The third kappa shape index (κ3) is 2.53. The summed E-state index contributed by atoms with van der Waals surface area (Å²) in [6, 6.07) is 0.201. The fourth-order valence-electron chi connectivity index (χ4n) is 0.880. The van der Waals surface area contributed by atoms with Crippen molar-refractivity contribution < 1.29 is 4.79 Å². The molecule has 0 saturated heterocycles. The minimum atomic E-state index is -0.0423. The van der Waals surface area contributed by atoms with Crippen molar-refractivity contribution in [2.75, 3.05) is 0 Å². The molecule has 1 atom stereocenters. The zero-order chi connectivity index (χ0) is 9.72. The monoisotopic (exact) mass is 167 g/mol. The van der Waals surface area contributed by atoms with Gasteiger partial charge in [-0.05, 0) is 20.3 Å². The first-order valence-corrected chi connectivity index (χ1v) is 4.15. The predicted molar refractivity (Wildman–Crippen MR) is 51.6 cm³/mol. The van der Waals surface area contributed by atoms with E-state index in [2.05, 4.69) is 13.2 Å². The normalized spacial score (nSPS) is 11.9. The Kier molecular flexibility index (Phi) is 4.34. The average molecular weight is 167 g/mol. The molecule has 0 spiro atoms. The maximum Gasteiger partial charge on any atom is 0.253 e. The number of nitrogens with zero attached hydrogens (tertiary/aromatic N) is 1. The maximum atomic E-state index is 11.4. The Morgan fingerprint density at radius 2 is 2.17 bits per heavy atom. The fraction of sp³-hybridized carbons (Fsp3) is 0.500. The van der Waals surface area contributed by atoms with Gasteiger partial charge in [0.2, 0.25) is 0 Å². The molecule has 0 radical (unpaired) electrons. The molecule has 0 aliphatic carbocycles. The first kappa shape index (κ1) is 11.0. The van der Waals surface area contributed by atoms with E-state index in [4.69, 9.17) is 0 Å². The second kappa shape index (κ2) is 4.75. The van der Waals surface area contributed by atoms with Gasteiger partial charge in [-0.15, -0.1) is 0 Å². The molecule has 0 aliphatic heterocycles. The van der Waals surface area contributed by atoms with E-state index in [1.807, 2.05) is 13.8 Å². The number of carbonyl (C=O) groups excluding carboxylic acids is 1. The summed E-state index contributed by atoms with van der Waals surface area (Å²) in [6.07, 6.45) is 2.48. The van der Waals surface area contributed by atoms with Crippen molar-refractivity contribution in [2.24, 2.45) is 0 Å². The van der Waals surface area contributed by atoms with Crippen molar-refractivity contribution >= 4 is 5.91 Å². The van der Waals surface area contributed by atoms with E-state index in [1.54, 1.807) is 18.0 Å². The lowest BCUT2D eigenvalue weighted by atomic mass is 10.2.